The van der Waals surface area contributed by atoms with Crippen LogP contribution >= 0.6 is 0 Å². The number of benzene rings is 1. The first-order valence-electron chi connectivity index (χ1n) is 10.7. The van der Waals surface area contributed by atoms with E-state index in [0.717, 1.165) is 44.9 Å². The van der Waals surface area contributed by atoms with Crippen molar-refractivity contribution in [2.45, 2.75) is 51.5 Å². The summed E-state index contributed by atoms with van der Waals surface area (Å²) in [5, 5.41) is 6.03. The molecule has 1 heterocycles. The first-order chi connectivity index (χ1) is 13.1. The van der Waals surface area contributed by atoms with Gasteiger partial charge in [0.15, 0.2) is 0 Å². The number of piperazine rings is 1. The Morgan fingerprint density at radius 3 is 2.41 bits per heavy atom. The van der Waals surface area contributed by atoms with Crippen LogP contribution < -0.4 is 15.5 Å². The van der Waals surface area contributed by atoms with Gasteiger partial charge in [-0.1, -0.05) is 18.2 Å². The van der Waals surface area contributed by atoms with E-state index in [9.17, 15) is 4.79 Å². The molecule has 27 heavy (non-hydrogen) atoms. The quantitative estimate of drug-likeness (QED) is 0.804. The van der Waals surface area contributed by atoms with E-state index < -0.39 is 0 Å². The average Bonchev–Trinajstić information content (AvgIpc) is 2.69. The van der Waals surface area contributed by atoms with Crippen molar-refractivity contribution in [1.29, 1.82) is 0 Å². The fraction of sp³-hybridized carbons (Fsp3) is 0.682. The molecule has 1 saturated carbocycles. The van der Waals surface area contributed by atoms with Crippen molar-refractivity contribution in [3.05, 3.63) is 30.3 Å². The predicted octanol–water partition coefficient (Wildman–Crippen LogP) is 3.47. The largest absolute Gasteiger partial charge is 0.369 e. The van der Waals surface area contributed by atoms with Gasteiger partial charge < -0.3 is 15.5 Å². The second-order valence-corrected chi connectivity index (χ2v) is 8.44. The van der Waals surface area contributed by atoms with Crippen LogP contribution in [0, 0.1) is 5.92 Å². The summed E-state index contributed by atoms with van der Waals surface area (Å²) >= 11 is 0. The second kappa shape index (κ2) is 9.45. The maximum absolute atomic E-state index is 11.8. The summed E-state index contributed by atoms with van der Waals surface area (Å²) in [6.07, 6.45) is 5.94. The Kier molecular flexibility index (Phi) is 7.00. The van der Waals surface area contributed by atoms with Crippen LogP contribution in [0.5, 0.6) is 0 Å². The Hall–Kier alpha value is -1.75. The molecule has 150 valence electrons. The Morgan fingerprint density at radius 1 is 1.11 bits per heavy atom. The molecule has 1 aromatic carbocycles. The maximum atomic E-state index is 11.8. The molecule has 0 atom stereocenters. The van der Waals surface area contributed by atoms with E-state index in [1.54, 1.807) is 0 Å². The highest BCUT2D eigenvalue weighted by molar-refractivity contribution is 5.74. The highest BCUT2D eigenvalue weighted by Gasteiger charge is 2.32. The van der Waals surface area contributed by atoms with Crippen molar-refractivity contribution in [2.75, 3.05) is 44.2 Å². The van der Waals surface area contributed by atoms with Gasteiger partial charge in [0, 0.05) is 44.0 Å². The lowest BCUT2D eigenvalue weighted by Gasteiger charge is -2.40. The SMILES string of the molecule is CCNC(=O)NC1(C)CCC(CCN2CCN(c3ccccc3)CC2)CC1. The van der Waals surface area contributed by atoms with E-state index in [-0.39, 0.29) is 11.6 Å². The molecule has 0 aromatic heterocycles. The number of hydrogen-bond donors (Lipinski definition) is 2. The fourth-order valence-corrected chi connectivity index (χ4v) is 4.44. The fourth-order valence-electron chi connectivity index (χ4n) is 4.44. The van der Waals surface area contributed by atoms with Crippen molar-refractivity contribution in [3.8, 4) is 0 Å². The lowest BCUT2D eigenvalue weighted by molar-refractivity contribution is 0.172. The third kappa shape index (κ3) is 5.86. The van der Waals surface area contributed by atoms with Gasteiger partial charge >= 0.3 is 6.03 Å². The van der Waals surface area contributed by atoms with Gasteiger partial charge in [0.2, 0.25) is 0 Å². The van der Waals surface area contributed by atoms with Gasteiger partial charge in [-0.25, -0.2) is 4.79 Å². The van der Waals surface area contributed by atoms with Crippen LogP contribution in [0.25, 0.3) is 0 Å². The number of para-hydroxylation sites is 1. The third-order valence-electron chi connectivity index (χ3n) is 6.31. The molecule has 2 fully saturated rings. The number of rotatable bonds is 6. The van der Waals surface area contributed by atoms with Gasteiger partial charge in [-0.05, 0) is 70.5 Å². The smallest absolute Gasteiger partial charge is 0.315 e. The van der Waals surface area contributed by atoms with Crippen LogP contribution in [-0.2, 0) is 0 Å². The van der Waals surface area contributed by atoms with E-state index >= 15 is 0 Å². The molecular formula is C22H36N4O. The van der Waals surface area contributed by atoms with Gasteiger partial charge in [-0.3, -0.25) is 4.90 Å². The number of urea groups is 1. The van der Waals surface area contributed by atoms with Crippen molar-refractivity contribution < 1.29 is 4.79 Å². The lowest BCUT2D eigenvalue weighted by atomic mass is 9.76. The highest BCUT2D eigenvalue weighted by atomic mass is 16.2. The van der Waals surface area contributed by atoms with Gasteiger partial charge in [-0.2, -0.15) is 0 Å². The van der Waals surface area contributed by atoms with Crippen LogP contribution in [0.4, 0.5) is 10.5 Å². The molecule has 2 amide bonds. The second-order valence-electron chi connectivity index (χ2n) is 8.44. The van der Waals surface area contributed by atoms with E-state index in [0.29, 0.717) is 6.54 Å². The van der Waals surface area contributed by atoms with Crippen molar-refractivity contribution in [1.82, 2.24) is 15.5 Å². The monoisotopic (exact) mass is 372 g/mol. The number of carbonyl (C=O) groups is 1. The Morgan fingerprint density at radius 2 is 1.78 bits per heavy atom. The molecular weight excluding hydrogens is 336 g/mol. The summed E-state index contributed by atoms with van der Waals surface area (Å²) < 4.78 is 0. The zero-order valence-electron chi connectivity index (χ0n) is 17.0. The minimum Gasteiger partial charge on any atom is -0.369 e. The minimum absolute atomic E-state index is 0.0188. The third-order valence-corrected chi connectivity index (χ3v) is 6.31. The number of anilines is 1. The van der Waals surface area contributed by atoms with Crippen molar-refractivity contribution in [2.24, 2.45) is 5.92 Å². The molecule has 0 bridgehead atoms. The highest BCUT2D eigenvalue weighted by Crippen LogP contribution is 2.33. The molecule has 0 radical (unpaired) electrons. The molecule has 5 heteroatoms. The molecule has 0 unspecified atom stereocenters. The summed E-state index contributed by atoms with van der Waals surface area (Å²) in [5.41, 5.74) is 1.32. The summed E-state index contributed by atoms with van der Waals surface area (Å²) in [7, 11) is 0. The normalized spacial score (nSPS) is 26.6. The number of carbonyl (C=O) groups excluding carboxylic acids is 1. The Balaban J connectivity index is 1.34. The molecule has 1 aliphatic carbocycles. The number of hydrogen-bond acceptors (Lipinski definition) is 3. The zero-order chi connectivity index (χ0) is 19.1. The number of nitrogens with zero attached hydrogens (tertiary/aromatic N) is 2. The molecule has 1 aliphatic heterocycles. The minimum atomic E-state index is -0.0307. The van der Waals surface area contributed by atoms with Gasteiger partial charge in [0.1, 0.15) is 0 Å². The molecule has 3 rings (SSSR count). The molecule has 1 saturated heterocycles. The van der Waals surface area contributed by atoms with E-state index in [1.165, 1.54) is 31.5 Å². The van der Waals surface area contributed by atoms with E-state index in [2.05, 4.69) is 57.7 Å². The standard InChI is InChI=1S/C22H36N4O/c1-3-23-21(27)24-22(2)12-9-19(10-13-22)11-14-25-15-17-26(18-16-25)20-7-5-4-6-8-20/h4-8,19H,3,9-18H2,1-2H3,(H2,23,24,27). The first-order valence-corrected chi connectivity index (χ1v) is 10.7. The van der Waals surface area contributed by atoms with E-state index in [4.69, 9.17) is 0 Å². The average molecular weight is 373 g/mol. The van der Waals surface area contributed by atoms with Crippen LogP contribution in [0.2, 0.25) is 0 Å². The molecule has 1 aromatic rings. The zero-order valence-corrected chi connectivity index (χ0v) is 17.0. The van der Waals surface area contributed by atoms with E-state index in [1.807, 2.05) is 6.92 Å². The Labute approximate surface area is 164 Å². The predicted molar refractivity (Wildman–Crippen MR) is 112 cm³/mol. The van der Waals surface area contributed by atoms with Crippen LogP contribution in [0.1, 0.15) is 46.0 Å². The maximum Gasteiger partial charge on any atom is 0.315 e. The van der Waals surface area contributed by atoms with Crippen LogP contribution in [0.3, 0.4) is 0 Å². The van der Waals surface area contributed by atoms with Gasteiger partial charge in [0.05, 0.1) is 0 Å². The summed E-state index contributed by atoms with van der Waals surface area (Å²) in [4.78, 5) is 16.9. The molecule has 0 spiro atoms. The first kappa shape index (κ1) is 20.0. The van der Waals surface area contributed by atoms with Crippen LogP contribution in [0.15, 0.2) is 30.3 Å². The molecule has 5 nitrogen and oxygen atoms in total. The van der Waals surface area contributed by atoms with Crippen molar-refractivity contribution >= 4 is 11.7 Å². The summed E-state index contributed by atoms with van der Waals surface area (Å²) in [6.45, 7) is 10.6. The summed E-state index contributed by atoms with van der Waals surface area (Å²) in [5.74, 6) is 0.807. The molecule has 2 N–H and O–H groups in total. The van der Waals surface area contributed by atoms with Crippen LogP contribution in [-0.4, -0.2) is 55.7 Å². The topological polar surface area (TPSA) is 47.6 Å². The number of amides is 2. The van der Waals surface area contributed by atoms with Crippen molar-refractivity contribution in [3.63, 3.8) is 0 Å². The summed E-state index contributed by atoms with van der Waals surface area (Å²) in [6, 6.07) is 10.7. The van der Waals surface area contributed by atoms with Gasteiger partial charge in [0.25, 0.3) is 0 Å². The molecule has 2 aliphatic rings. The Bertz CT molecular complexity index is 575. The van der Waals surface area contributed by atoms with Gasteiger partial charge in [-0.15, -0.1) is 0 Å². The number of nitrogens with one attached hydrogen (secondary N) is 2. The lowest BCUT2D eigenvalue weighted by Crippen LogP contribution is -2.52.